The number of halogens is 1. The lowest BCUT2D eigenvalue weighted by molar-refractivity contribution is -0.139. The number of carbonyl (C=O) groups is 2. The summed E-state index contributed by atoms with van der Waals surface area (Å²) in [5.74, 6) is -1.63. The second kappa shape index (κ2) is 9.96. The lowest BCUT2D eigenvalue weighted by atomic mass is 10.2. The van der Waals surface area contributed by atoms with Gasteiger partial charge >= 0.3 is 11.8 Å². The van der Waals surface area contributed by atoms with Gasteiger partial charge in [0.05, 0.1) is 12.3 Å². The summed E-state index contributed by atoms with van der Waals surface area (Å²) in [6.45, 7) is 4.70. The fourth-order valence-electron chi connectivity index (χ4n) is 1.51. The minimum atomic E-state index is -0.875. The minimum Gasteiger partial charge on any atom is -0.507 e. The Labute approximate surface area is 143 Å². The third kappa shape index (κ3) is 7.75. The van der Waals surface area contributed by atoms with Crippen molar-refractivity contribution in [1.82, 2.24) is 10.7 Å². The first-order chi connectivity index (χ1) is 10.9. The molecule has 0 bridgehead atoms. The molecule has 0 aromatic heterocycles. The van der Waals surface area contributed by atoms with Gasteiger partial charge in [0, 0.05) is 23.2 Å². The summed E-state index contributed by atoms with van der Waals surface area (Å²) in [4.78, 5) is 23.0. The Morgan fingerprint density at radius 2 is 2.13 bits per heavy atom. The molecule has 0 fully saturated rings. The SMILES string of the molecule is CC(C)OCCCNC(=O)C(=O)N/N=C\c1cc(Br)ccc1O. The Bertz CT molecular complexity index is 576. The van der Waals surface area contributed by atoms with E-state index in [2.05, 4.69) is 31.8 Å². The highest BCUT2D eigenvalue weighted by molar-refractivity contribution is 9.10. The molecule has 0 aliphatic heterocycles. The van der Waals surface area contributed by atoms with Crippen LogP contribution in [0.3, 0.4) is 0 Å². The van der Waals surface area contributed by atoms with E-state index in [-0.39, 0.29) is 11.9 Å². The first-order valence-corrected chi connectivity index (χ1v) is 7.90. The standard InChI is InChI=1S/C15H20BrN3O4/c1-10(2)23-7-3-6-17-14(21)15(22)19-18-9-11-8-12(16)4-5-13(11)20/h4-5,8-10,20H,3,6-7H2,1-2H3,(H,17,21)(H,19,22)/b18-9-. The predicted octanol–water partition coefficient (Wildman–Crippen LogP) is 1.54. The maximum atomic E-state index is 11.5. The molecule has 1 aromatic carbocycles. The molecule has 0 saturated heterocycles. The van der Waals surface area contributed by atoms with Crippen LogP contribution >= 0.6 is 15.9 Å². The quantitative estimate of drug-likeness (QED) is 0.286. The number of hydrogen-bond donors (Lipinski definition) is 3. The van der Waals surface area contributed by atoms with Crippen LogP contribution in [0.1, 0.15) is 25.8 Å². The van der Waals surface area contributed by atoms with Gasteiger partial charge in [0.2, 0.25) is 0 Å². The molecule has 8 heteroatoms. The van der Waals surface area contributed by atoms with Gasteiger partial charge in [-0.15, -0.1) is 0 Å². The summed E-state index contributed by atoms with van der Waals surface area (Å²) in [7, 11) is 0. The summed E-state index contributed by atoms with van der Waals surface area (Å²) >= 11 is 3.26. The van der Waals surface area contributed by atoms with Gasteiger partial charge < -0.3 is 15.2 Å². The van der Waals surface area contributed by atoms with Gasteiger partial charge in [-0.25, -0.2) is 5.43 Å². The number of amides is 2. The molecule has 7 nitrogen and oxygen atoms in total. The Hall–Kier alpha value is -1.93. The van der Waals surface area contributed by atoms with Crippen LogP contribution in [0.25, 0.3) is 0 Å². The largest absolute Gasteiger partial charge is 0.507 e. The van der Waals surface area contributed by atoms with Crippen molar-refractivity contribution in [2.75, 3.05) is 13.2 Å². The van der Waals surface area contributed by atoms with Crippen LogP contribution in [0.15, 0.2) is 27.8 Å². The molecular formula is C15H20BrN3O4. The van der Waals surface area contributed by atoms with Crippen LogP contribution < -0.4 is 10.7 Å². The van der Waals surface area contributed by atoms with E-state index in [9.17, 15) is 14.7 Å². The first kappa shape index (κ1) is 19.1. The zero-order valence-corrected chi connectivity index (χ0v) is 14.6. The van der Waals surface area contributed by atoms with E-state index >= 15 is 0 Å². The topological polar surface area (TPSA) is 100 Å². The van der Waals surface area contributed by atoms with Crippen LogP contribution in [0, 0.1) is 0 Å². The summed E-state index contributed by atoms with van der Waals surface area (Å²) in [5.41, 5.74) is 2.51. The van der Waals surface area contributed by atoms with E-state index in [0.29, 0.717) is 25.1 Å². The van der Waals surface area contributed by atoms with Gasteiger partial charge in [-0.3, -0.25) is 9.59 Å². The molecule has 0 radical (unpaired) electrons. The number of hydrazone groups is 1. The highest BCUT2D eigenvalue weighted by Gasteiger charge is 2.11. The summed E-state index contributed by atoms with van der Waals surface area (Å²) < 4.78 is 6.07. The number of aromatic hydroxyl groups is 1. The van der Waals surface area contributed by atoms with E-state index in [1.54, 1.807) is 12.1 Å². The average Bonchev–Trinajstić information content (AvgIpc) is 2.49. The molecule has 23 heavy (non-hydrogen) atoms. The number of nitrogens with one attached hydrogen (secondary N) is 2. The molecule has 3 N–H and O–H groups in total. The summed E-state index contributed by atoms with van der Waals surface area (Å²) in [5, 5.41) is 15.7. The van der Waals surface area contributed by atoms with E-state index in [0.717, 1.165) is 4.47 Å². The first-order valence-electron chi connectivity index (χ1n) is 7.11. The highest BCUT2D eigenvalue weighted by Crippen LogP contribution is 2.19. The Kier molecular flexibility index (Phi) is 8.28. The second-order valence-electron chi connectivity index (χ2n) is 4.93. The molecular weight excluding hydrogens is 366 g/mol. The molecule has 126 valence electrons. The molecule has 0 heterocycles. The van der Waals surface area contributed by atoms with Crippen molar-refractivity contribution in [3.63, 3.8) is 0 Å². The molecule has 0 spiro atoms. The molecule has 2 amide bonds. The molecule has 0 aliphatic carbocycles. The lowest BCUT2D eigenvalue weighted by Gasteiger charge is -2.07. The number of ether oxygens (including phenoxy) is 1. The Morgan fingerprint density at radius 1 is 1.39 bits per heavy atom. The molecule has 0 aliphatic rings. The van der Waals surface area contributed by atoms with Crippen molar-refractivity contribution in [2.24, 2.45) is 5.10 Å². The van der Waals surface area contributed by atoms with Gasteiger partial charge in [-0.05, 0) is 38.5 Å². The lowest BCUT2D eigenvalue weighted by Crippen LogP contribution is -2.38. The molecule has 1 rings (SSSR count). The van der Waals surface area contributed by atoms with Crippen molar-refractivity contribution < 1.29 is 19.4 Å². The number of nitrogens with zero attached hydrogens (tertiary/aromatic N) is 1. The van der Waals surface area contributed by atoms with Crippen molar-refractivity contribution in [2.45, 2.75) is 26.4 Å². The monoisotopic (exact) mass is 385 g/mol. The average molecular weight is 386 g/mol. The van der Waals surface area contributed by atoms with Crippen LogP contribution in [-0.4, -0.2) is 42.4 Å². The number of phenolic OH excluding ortho intramolecular Hbond substituents is 1. The molecule has 0 atom stereocenters. The van der Waals surface area contributed by atoms with Crippen LogP contribution in [0.4, 0.5) is 0 Å². The fraction of sp³-hybridized carbons (Fsp3) is 0.400. The summed E-state index contributed by atoms with van der Waals surface area (Å²) in [6.07, 6.45) is 2.01. The fourth-order valence-corrected chi connectivity index (χ4v) is 1.89. The number of phenols is 1. The number of rotatable bonds is 7. The summed E-state index contributed by atoms with van der Waals surface area (Å²) in [6, 6.07) is 4.78. The van der Waals surface area contributed by atoms with E-state index in [1.807, 2.05) is 13.8 Å². The number of hydrogen-bond acceptors (Lipinski definition) is 5. The minimum absolute atomic E-state index is 0.0146. The van der Waals surface area contributed by atoms with E-state index < -0.39 is 11.8 Å². The van der Waals surface area contributed by atoms with Gasteiger partial charge in [-0.1, -0.05) is 15.9 Å². The number of benzene rings is 1. The predicted molar refractivity (Wildman–Crippen MR) is 90.3 cm³/mol. The third-order valence-electron chi connectivity index (χ3n) is 2.62. The van der Waals surface area contributed by atoms with Crippen molar-refractivity contribution >= 4 is 34.0 Å². The van der Waals surface area contributed by atoms with Crippen LogP contribution in [-0.2, 0) is 14.3 Å². The molecule has 0 unspecified atom stereocenters. The molecule has 0 saturated carbocycles. The Morgan fingerprint density at radius 3 is 2.83 bits per heavy atom. The second-order valence-corrected chi connectivity index (χ2v) is 5.85. The smallest absolute Gasteiger partial charge is 0.329 e. The van der Waals surface area contributed by atoms with Gasteiger partial charge in [0.15, 0.2) is 0 Å². The van der Waals surface area contributed by atoms with Gasteiger partial charge in [0.25, 0.3) is 0 Å². The zero-order chi connectivity index (χ0) is 17.2. The Balaban J connectivity index is 2.33. The van der Waals surface area contributed by atoms with Gasteiger partial charge in [-0.2, -0.15) is 5.10 Å². The maximum Gasteiger partial charge on any atom is 0.329 e. The van der Waals surface area contributed by atoms with Crippen molar-refractivity contribution in [3.8, 4) is 5.75 Å². The number of carbonyl (C=O) groups excluding carboxylic acids is 2. The maximum absolute atomic E-state index is 11.5. The normalized spacial score (nSPS) is 11.0. The van der Waals surface area contributed by atoms with E-state index in [1.165, 1.54) is 12.3 Å². The van der Waals surface area contributed by atoms with Crippen molar-refractivity contribution in [3.05, 3.63) is 28.2 Å². The van der Waals surface area contributed by atoms with Gasteiger partial charge in [0.1, 0.15) is 5.75 Å². The third-order valence-corrected chi connectivity index (χ3v) is 3.12. The van der Waals surface area contributed by atoms with Crippen LogP contribution in [0.2, 0.25) is 0 Å². The zero-order valence-electron chi connectivity index (χ0n) is 13.0. The van der Waals surface area contributed by atoms with E-state index in [4.69, 9.17) is 4.74 Å². The highest BCUT2D eigenvalue weighted by atomic mass is 79.9. The van der Waals surface area contributed by atoms with Crippen LogP contribution in [0.5, 0.6) is 5.75 Å². The van der Waals surface area contributed by atoms with Crippen molar-refractivity contribution in [1.29, 1.82) is 0 Å². The molecule has 1 aromatic rings.